The Morgan fingerprint density at radius 1 is 1.45 bits per heavy atom. The van der Waals surface area contributed by atoms with Crippen molar-refractivity contribution < 1.29 is 9.29 Å². The van der Waals surface area contributed by atoms with Gasteiger partial charge in [0.2, 0.25) is 4.77 Å². The first kappa shape index (κ1) is 15.6. The molecule has 2 aromatic rings. The smallest absolute Gasteiger partial charge is 0.203 e. The first-order valence-corrected chi connectivity index (χ1v) is 8.16. The molecular weight excluding hydrogens is 323 g/mol. The molecule has 1 atom stereocenters. The Balaban J connectivity index is 1.76. The highest BCUT2D eigenvalue weighted by atomic mass is 35.5. The number of aryl methyl sites for hydroxylation is 1. The van der Waals surface area contributed by atoms with Gasteiger partial charge in [-0.05, 0) is 44.1 Å². The van der Waals surface area contributed by atoms with Gasteiger partial charge in [0.05, 0.1) is 17.6 Å². The third kappa shape index (κ3) is 3.09. The molecule has 22 heavy (non-hydrogen) atoms. The fourth-order valence-corrected chi connectivity index (χ4v) is 3.32. The number of quaternary nitrogens is 1. The predicted octanol–water partition coefficient (Wildman–Crippen LogP) is 2.52. The molecule has 1 fully saturated rings. The van der Waals surface area contributed by atoms with Crippen molar-refractivity contribution in [3.8, 4) is 0 Å². The van der Waals surface area contributed by atoms with E-state index in [-0.39, 0.29) is 5.82 Å². The maximum Gasteiger partial charge on any atom is 0.203 e. The van der Waals surface area contributed by atoms with E-state index >= 15 is 0 Å². The van der Waals surface area contributed by atoms with E-state index < -0.39 is 0 Å². The zero-order valence-electron chi connectivity index (χ0n) is 12.6. The maximum absolute atomic E-state index is 13.9. The lowest BCUT2D eigenvalue weighted by molar-refractivity contribution is -0.917. The molecular formula is C15H19ClFN4S+. The molecule has 118 valence electrons. The van der Waals surface area contributed by atoms with Crippen LogP contribution in [0.15, 0.2) is 18.2 Å². The fourth-order valence-electron chi connectivity index (χ4n) is 2.70. The minimum atomic E-state index is -0.268. The average molecular weight is 342 g/mol. The molecule has 0 amide bonds. The summed E-state index contributed by atoms with van der Waals surface area (Å²) in [5, 5.41) is 4.99. The van der Waals surface area contributed by atoms with Crippen LogP contribution in [0.2, 0.25) is 5.02 Å². The Labute approximate surface area is 139 Å². The highest BCUT2D eigenvalue weighted by Crippen LogP contribution is 2.35. The van der Waals surface area contributed by atoms with Gasteiger partial charge in [-0.15, -0.1) is 0 Å². The van der Waals surface area contributed by atoms with Crippen molar-refractivity contribution in [3.05, 3.63) is 45.2 Å². The van der Waals surface area contributed by atoms with Gasteiger partial charge in [0, 0.05) is 6.04 Å². The van der Waals surface area contributed by atoms with E-state index in [1.807, 2.05) is 18.7 Å². The van der Waals surface area contributed by atoms with Crippen LogP contribution in [-0.4, -0.2) is 21.4 Å². The summed E-state index contributed by atoms with van der Waals surface area (Å²) in [6.45, 7) is 3.06. The number of halogens is 2. The second-order valence-corrected chi connectivity index (χ2v) is 6.70. The van der Waals surface area contributed by atoms with Crippen LogP contribution in [0.3, 0.4) is 0 Å². The number of hydrogen-bond acceptors (Lipinski definition) is 2. The lowest BCUT2D eigenvalue weighted by Crippen LogP contribution is -3.07. The highest BCUT2D eigenvalue weighted by Gasteiger charge is 2.27. The van der Waals surface area contributed by atoms with Gasteiger partial charge in [0.1, 0.15) is 18.2 Å². The summed E-state index contributed by atoms with van der Waals surface area (Å²) in [6, 6.07) is 5.28. The molecule has 0 radical (unpaired) electrons. The molecule has 1 saturated carbocycles. The fraction of sp³-hybridized carbons (Fsp3) is 0.467. The summed E-state index contributed by atoms with van der Waals surface area (Å²) < 4.78 is 18.6. The summed E-state index contributed by atoms with van der Waals surface area (Å²) in [7, 11) is 1.98. The summed E-state index contributed by atoms with van der Waals surface area (Å²) in [4.78, 5) is 1.07. The van der Waals surface area contributed by atoms with Crippen LogP contribution in [0.5, 0.6) is 0 Å². The molecule has 0 bridgehead atoms. The van der Waals surface area contributed by atoms with Gasteiger partial charge in [-0.2, -0.15) is 9.78 Å². The monoisotopic (exact) mass is 341 g/mol. The molecule has 1 unspecified atom stereocenters. The van der Waals surface area contributed by atoms with E-state index in [1.54, 1.807) is 12.1 Å². The molecule has 1 aromatic heterocycles. The number of rotatable bonds is 5. The molecule has 3 rings (SSSR count). The SMILES string of the molecule is Cc1nn(C[NH+](C)Cc2c(F)cccc2Cl)c(=S)n1C1CC1. The first-order chi connectivity index (χ1) is 10.5. The lowest BCUT2D eigenvalue weighted by atomic mass is 10.2. The Bertz CT molecular complexity index is 730. The number of benzene rings is 1. The van der Waals surface area contributed by atoms with Crippen LogP contribution in [0.1, 0.15) is 30.3 Å². The summed E-state index contributed by atoms with van der Waals surface area (Å²) in [5.41, 5.74) is 0.534. The van der Waals surface area contributed by atoms with E-state index in [0.29, 0.717) is 29.8 Å². The van der Waals surface area contributed by atoms with Crippen molar-refractivity contribution >= 4 is 23.8 Å². The van der Waals surface area contributed by atoms with Gasteiger partial charge >= 0.3 is 0 Å². The second-order valence-electron chi connectivity index (χ2n) is 5.92. The van der Waals surface area contributed by atoms with Crippen molar-refractivity contribution in [1.82, 2.24) is 14.3 Å². The zero-order chi connectivity index (χ0) is 15.9. The average Bonchev–Trinajstić information content (AvgIpc) is 3.23. The number of nitrogens with zero attached hydrogens (tertiary/aromatic N) is 3. The van der Waals surface area contributed by atoms with Crippen LogP contribution < -0.4 is 4.90 Å². The molecule has 1 aromatic carbocycles. The number of nitrogens with one attached hydrogen (secondary N) is 1. The van der Waals surface area contributed by atoms with Gasteiger partial charge in [0.15, 0.2) is 6.67 Å². The zero-order valence-corrected chi connectivity index (χ0v) is 14.2. The molecule has 1 aliphatic carbocycles. The van der Waals surface area contributed by atoms with E-state index in [1.165, 1.54) is 18.9 Å². The van der Waals surface area contributed by atoms with Crippen molar-refractivity contribution in [2.45, 2.75) is 39.0 Å². The largest absolute Gasteiger partial charge is 0.315 e. The molecule has 1 N–H and O–H groups in total. The molecule has 0 saturated heterocycles. The Morgan fingerprint density at radius 3 is 2.82 bits per heavy atom. The van der Waals surface area contributed by atoms with Crippen molar-refractivity contribution in [2.24, 2.45) is 0 Å². The van der Waals surface area contributed by atoms with E-state index in [9.17, 15) is 4.39 Å². The maximum atomic E-state index is 13.9. The van der Waals surface area contributed by atoms with Crippen LogP contribution in [0.25, 0.3) is 0 Å². The number of aromatic nitrogens is 3. The van der Waals surface area contributed by atoms with Crippen molar-refractivity contribution in [2.75, 3.05) is 7.05 Å². The van der Waals surface area contributed by atoms with E-state index in [4.69, 9.17) is 23.8 Å². The van der Waals surface area contributed by atoms with E-state index in [0.717, 1.165) is 15.5 Å². The van der Waals surface area contributed by atoms with Gasteiger partial charge in [0.25, 0.3) is 0 Å². The van der Waals surface area contributed by atoms with Crippen molar-refractivity contribution in [1.29, 1.82) is 0 Å². The first-order valence-electron chi connectivity index (χ1n) is 7.37. The Morgan fingerprint density at radius 2 is 2.18 bits per heavy atom. The summed E-state index contributed by atoms with van der Waals surface area (Å²) in [5.74, 6) is 0.680. The number of hydrogen-bond donors (Lipinski definition) is 1. The minimum absolute atomic E-state index is 0.268. The second kappa shape index (κ2) is 6.10. The molecule has 1 heterocycles. The van der Waals surface area contributed by atoms with Crippen LogP contribution in [-0.2, 0) is 13.2 Å². The quantitative estimate of drug-likeness (QED) is 0.846. The standard InChI is InChI=1S/C15H18ClFN4S/c1-10-18-20(15(22)21(10)11-6-7-11)9-19(2)8-12-13(16)4-3-5-14(12)17/h3-5,11H,6-9H2,1-2H3/p+1. The summed E-state index contributed by atoms with van der Waals surface area (Å²) >= 11 is 11.6. The minimum Gasteiger partial charge on any atom is -0.315 e. The molecule has 1 aliphatic rings. The van der Waals surface area contributed by atoms with Crippen LogP contribution >= 0.6 is 23.8 Å². The highest BCUT2D eigenvalue weighted by molar-refractivity contribution is 7.71. The molecule has 7 heteroatoms. The Hall–Kier alpha value is -1.24. The van der Waals surface area contributed by atoms with Crippen LogP contribution in [0, 0.1) is 17.5 Å². The third-order valence-corrected chi connectivity index (χ3v) is 4.67. The third-order valence-electron chi connectivity index (χ3n) is 3.91. The van der Waals surface area contributed by atoms with Crippen molar-refractivity contribution in [3.63, 3.8) is 0 Å². The molecule has 0 aliphatic heterocycles. The topological polar surface area (TPSA) is 27.2 Å². The van der Waals surface area contributed by atoms with Gasteiger partial charge in [-0.3, -0.25) is 0 Å². The summed E-state index contributed by atoms with van der Waals surface area (Å²) in [6.07, 6.45) is 2.35. The van der Waals surface area contributed by atoms with Crippen LogP contribution in [0.4, 0.5) is 4.39 Å². The van der Waals surface area contributed by atoms with E-state index in [2.05, 4.69) is 9.67 Å². The Kier molecular flexibility index (Phi) is 4.34. The molecule has 0 spiro atoms. The normalized spacial score (nSPS) is 16.0. The van der Waals surface area contributed by atoms with Gasteiger partial charge < -0.3 is 9.47 Å². The van der Waals surface area contributed by atoms with Gasteiger partial charge in [-0.25, -0.2) is 4.39 Å². The predicted molar refractivity (Wildman–Crippen MR) is 86.1 cm³/mol. The van der Waals surface area contributed by atoms with Gasteiger partial charge in [-0.1, -0.05) is 17.7 Å². The molecule has 4 nitrogen and oxygen atoms in total. The lowest BCUT2D eigenvalue weighted by Gasteiger charge is -2.15.